The third kappa shape index (κ3) is 3.03. The van der Waals surface area contributed by atoms with Crippen molar-refractivity contribution in [3.8, 4) is 0 Å². The van der Waals surface area contributed by atoms with Crippen molar-refractivity contribution in [3.63, 3.8) is 0 Å². The molecule has 3 nitrogen and oxygen atoms in total. The number of aliphatic hydroxyl groups is 1. The lowest BCUT2D eigenvalue weighted by atomic mass is 9.94. The van der Waals surface area contributed by atoms with E-state index >= 15 is 0 Å². The summed E-state index contributed by atoms with van der Waals surface area (Å²) in [4.78, 5) is 11.5. The van der Waals surface area contributed by atoms with Gasteiger partial charge in [0, 0.05) is 12.2 Å². The van der Waals surface area contributed by atoms with Crippen molar-refractivity contribution >= 4 is 5.97 Å². The van der Waals surface area contributed by atoms with Crippen LogP contribution in [0.3, 0.4) is 0 Å². The minimum absolute atomic E-state index is 0.0258. The molecule has 0 fully saturated rings. The van der Waals surface area contributed by atoms with E-state index in [0.29, 0.717) is 18.4 Å². The molecular weight excluding hydrogens is 211 g/mol. The number of ether oxygens (including phenoxy) is 1. The van der Waals surface area contributed by atoms with E-state index < -0.39 is 17.7 Å². The second-order valence-corrected chi connectivity index (χ2v) is 3.46. The molecule has 1 unspecified atom stereocenters. The molecule has 0 aliphatic rings. The minimum Gasteiger partial charge on any atom is -0.469 e. The molecule has 4 heteroatoms. The fourth-order valence-corrected chi connectivity index (χ4v) is 1.60. The van der Waals surface area contributed by atoms with Crippen molar-refractivity contribution in [2.75, 3.05) is 13.7 Å². The van der Waals surface area contributed by atoms with Crippen LogP contribution in [0.15, 0.2) is 24.3 Å². The summed E-state index contributed by atoms with van der Waals surface area (Å²) in [6.45, 7) is -0.0258. The molecule has 0 bridgehead atoms. The van der Waals surface area contributed by atoms with Crippen LogP contribution in [-0.2, 0) is 9.53 Å². The number of carbonyl (C=O) groups excluding carboxylic acids is 1. The van der Waals surface area contributed by atoms with E-state index in [9.17, 15) is 9.18 Å². The maximum atomic E-state index is 13.5. The molecule has 1 atom stereocenters. The van der Waals surface area contributed by atoms with Gasteiger partial charge >= 0.3 is 5.97 Å². The van der Waals surface area contributed by atoms with Crippen LogP contribution in [-0.4, -0.2) is 24.8 Å². The van der Waals surface area contributed by atoms with Gasteiger partial charge in [-0.1, -0.05) is 18.2 Å². The highest BCUT2D eigenvalue weighted by Gasteiger charge is 2.23. The van der Waals surface area contributed by atoms with Gasteiger partial charge in [-0.2, -0.15) is 0 Å². The number of aliphatic hydroxyl groups excluding tert-OH is 1. The third-order valence-electron chi connectivity index (χ3n) is 2.42. The topological polar surface area (TPSA) is 46.5 Å². The molecule has 0 aromatic heterocycles. The first-order valence-corrected chi connectivity index (χ1v) is 5.13. The van der Waals surface area contributed by atoms with Gasteiger partial charge in [-0.3, -0.25) is 4.79 Å². The first-order chi connectivity index (χ1) is 7.70. The normalized spacial score (nSPS) is 12.2. The summed E-state index contributed by atoms with van der Waals surface area (Å²) in [6.07, 6.45) is 0.818. The Bertz CT molecular complexity index is 352. The summed E-state index contributed by atoms with van der Waals surface area (Å²) < 4.78 is 18.1. The molecule has 1 aromatic carbocycles. The Kier molecular flexibility index (Phi) is 4.92. The zero-order chi connectivity index (χ0) is 12.0. The summed E-state index contributed by atoms with van der Waals surface area (Å²) >= 11 is 0. The van der Waals surface area contributed by atoms with Crippen LogP contribution in [0.5, 0.6) is 0 Å². The molecule has 0 heterocycles. The number of methoxy groups -OCH3 is 1. The molecule has 0 aliphatic carbocycles. The average molecular weight is 226 g/mol. The molecule has 0 saturated carbocycles. The van der Waals surface area contributed by atoms with Crippen LogP contribution >= 0.6 is 0 Å². The zero-order valence-electron chi connectivity index (χ0n) is 9.15. The molecule has 0 saturated heterocycles. The molecule has 1 rings (SSSR count). The van der Waals surface area contributed by atoms with Crippen LogP contribution in [0.2, 0.25) is 0 Å². The lowest BCUT2D eigenvalue weighted by Crippen LogP contribution is -2.16. The largest absolute Gasteiger partial charge is 0.469 e. The smallest absolute Gasteiger partial charge is 0.313 e. The summed E-state index contributed by atoms with van der Waals surface area (Å²) in [5, 5.41) is 8.74. The van der Waals surface area contributed by atoms with Gasteiger partial charge in [0.15, 0.2) is 0 Å². The van der Waals surface area contributed by atoms with Crippen molar-refractivity contribution in [2.24, 2.45) is 0 Å². The second kappa shape index (κ2) is 6.23. The first-order valence-electron chi connectivity index (χ1n) is 5.13. The summed E-state index contributed by atoms with van der Waals surface area (Å²) in [5.41, 5.74) is 0.322. The summed E-state index contributed by atoms with van der Waals surface area (Å²) in [6, 6.07) is 6.12. The standard InChI is InChI=1S/C12H15FO3/c1-16-12(15)10(6-4-8-14)9-5-2-3-7-11(9)13/h2-3,5,7,10,14H,4,6,8H2,1H3. The fraction of sp³-hybridized carbons (Fsp3) is 0.417. The molecule has 1 aromatic rings. The van der Waals surface area contributed by atoms with Gasteiger partial charge in [-0.05, 0) is 18.9 Å². The van der Waals surface area contributed by atoms with Crippen LogP contribution in [0, 0.1) is 5.82 Å². The number of benzene rings is 1. The molecule has 0 aliphatic heterocycles. The van der Waals surface area contributed by atoms with Crippen molar-refractivity contribution < 1.29 is 19.0 Å². The highest BCUT2D eigenvalue weighted by molar-refractivity contribution is 5.78. The Labute approximate surface area is 93.9 Å². The SMILES string of the molecule is COC(=O)C(CCCO)c1ccccc1F. The van der Waals surface area contributed by atoms with E-state index in [2.05, 4.69) is 4.74 Å². The van der Waals surface area contributed by atoms with E-state index in [-0.39, 0.29) is 6.61 Å². The van der Waals surface area contributed by atoms with Gasteiger partial charge in [0.1, 0.15) is 5.82 Å². The van der Waals surface area contributed by atoms with Crippen LogP contribution < -0.4 is 0 Å². The molecule has 0 radical (unpaired) electrons. The molecule has 1 N–H and O–H groups in total. The van der Waals surface area contributed by atoms with Gasteiger partial charge in [0.05, 0.1) is 13.0 Å². The molecule has 0 spiro atoms. The number of hydrogen-bond donors (Lipinski definition) is 1. The van der Waals surface area contributed by atoms with Crippen molar-refractivity contribution in [2.45, 2.75) is 18.8 Å². The van der Waals surface area contributed by atoms with E-state index in [4.69, 9.17) is 5.11 Å². The van der Waals surface area contributed by atoms with Gasteiger partial charge in [0.2, 0.25) is 0 Å². The molecule has 88 valence electrons. The number of carbonyl (C=O) groups is 1. The maximum absolute atomic E-state index is 13.5. The zero-order valence-corrected chi connectivity index (χ0v) is 9.15. The number of rotatable bonds is 5. The lowest BCUT2D eigenvalue weighted by Gasteiger charge is -2.14. The predicted octanol–water partition coefficient (Wildman–Crippen LogP) is 1.85. The monoisotopic (exact) mass is 226 g/mol. The predicted molar refractivity (Wildman–Crippen MR) is 57.5 cm³/mol. The third-order valence-corrected chi connectivity index (χ3v) is 2.42. The minimum atomic E-state index is -0.640. The number of hydrogen-bond acceptors (Lipinski definition) is 3. The number of halogens is 1. The maximum Gasteiger partial charge on any atom is 0.313 e. The quantitative estimate of drug-likeness (QED) is 0.779. The van der Waals surface area contributed by atoms with Gasteiger partial charge in [-0.15, -0.1) is 0 Å². The summed E-state index contributed by atoms with van der Waals surface area (Å²) in [7, 11) is 1.27. The van der Waals surface area contributed by atoms with Gasteiger partial charge in [-0.25, -0.2) is 4.39 Å². The Balaban J connectivity index is 2.92. The molecule has 0 amide bonds. The molecule has 16 heavy (non-hydrogen) atoms. The summed E-state index contributed by atoms with van der Waals surface area (Å²) in [5.74, 6) is -1.53. The van der Waals surface area contributed by atoms with Crippen molar-refractivity contribution in [1.29, 1.82) is 0 Å². The van der Waals surface area contributed by atoms with Gasteiger partial charge in [0.25, 0.3) is 0 Å². The first kappa shape index (κ1) is 12.6. The van der Waals surface area contributed by atoms with Crippen molar-refractivity contribution in [1.82, 2.24) is 0 Å². The number of esters is 1. The second-order valence-electron chi connectivity index (χ2n) is 3.46. The Morgan fingerprint density at radius 3 is 2.75 bits per heavy atom. The van der Waals surface area contributed by atoms with E-state index in [1.807, 2.05) is 0 Å². The van der Waals surface area contributed by atoms with Crippen LogP contribution in [0.25, 0.3) is 0 Å². The highest BCUT2D eigenvalue weighted by Crippen LogP contribution is 2.24. The van der Waals surface area contributed by atoms with Crippen LogP contribution in [0.1, 0.15) is 24.3 Å². The highest BCUT2D eigenvalue weighted by atomic mass is 19.1. The fourth-order valence-electron chi connectivity index (χ4n) is 1.60. The van der Waals surface area contributed by atoms with Gasteiger partial charge < -0.3 is 9.84 Å². The van der Waals surface area contributed by atoms with Crippen LogP contribution in [0.4, 0.5) is 4.39 Å². The molecular formula is C12H15FO3. The van der Waals surface area contributed by atoms with E-state index in [0.717, 1.165) is 0 Å². The Morgan fingerprint density at radius 1 is 1.50 bits per heavy atom. The lowest BCUT2D eigenvalue weighted by molar-refractivity contribution is -0.142. The van der Waals surface area contributed by atoms with E-state index in [1.54, 1.807) is 18.2 Å². The average Bonchev–Trinajstić information content (AvgIpc) is 2.31. The Hall–Kier alpha value is -1.42. The Morgan fingerprint density at radius 2 is 2.19 bits per heavy atom. The van der Waals surface area contributed by atoms with Crippen molar-refractivity contribution in [3.05, 3.63) is 35.6 Å². The van der Waals surface area contributed by atoms with E-state index in [1.165, 1.54) is 13.2 Å².